The van der Waals surface area contributed by atoms with E-state index in [4.69, 9.17) is 9.47 Å². The SMILES string of the molecule is COCOC(COc1ccc([S+](c2ccccc2)c2ccc(OCCC(F)(F)C(F)(F)S(=O)(=O)[O-])cc2)cc1)(C(F)(F)F)C(F)(F)F. The molecule has 0 aliphatic rings. The molecule has 0 saturated heterocycles. The van der Waals surface area contributed by atoms with Crippen LogP contribution in [0, 0.1) is 0 Å². The van der Waals surface area contributed by atoms with Crippen molar-refractivity contribution >= 4 is 21.0 Å². The first-order valence-corrected chi connectivity index (χ1v) is 15.5. The maximum absolute atomic E-state index is 13.7. The molecule has 0 spiro atoms. The molecule has 0 aliphatic heterocycles. The molecule has 1 unspecified atom stereocenters. The first-order chi connectivity index (χ1) is 21.7. The highest BCUT2D eigenvalue weighted by atomic mass is 32.2. The number of hydrogen-bond donors (Lipinski definition) is 0. The largest absolute Gasteiger partial charge is 0.743 e. The first kappa shape index (κ1) is 38.2. The van der Waals surface area contributed by atoms with Crippen LogP contribution in [0.15, 0.2) is 93.5 Å². The van der Waals surface area contributed by atoms with E-state index in [9.17, 15) is 56.9 Å². The lowest BCUT2D eigenvalue weighted by Crippen LogP contribution is -2.62. The topological polar surface area (TPSA) is 94.1 Å². The molecule has 0 N–H and O–H groups in total. The molecule has 0 radical (unpaired) electrons. The Morgan fingerprint density at radius 2 is 1.13 bits per heavy atom. The molecule has 3 rings (SSSR count). The van der Waals surface area contributed by atoms with Crippen molar-refractivity contribution in [3.63, 3.8) is 0 Å². The third-order valence-corrected chi connectivity index (χ3v) is 9.46. The minimum absolute atomic E-state index is 0.0771. The minimum Gasteiger partial charge on any atom is -0.743 e. The molecule has 3 aromatic rings. The van der Waals surface area contributed by atoms with Gasteiger partial charge in [-0.3, -0.25) is 0 Å². The number of hydrogen-bond acceptors (Lipinski definition) is 7. The molecule has 0 saturated carbocycles. The lowest BCUT2D eigenvalue weighted by Gasteiger charge is -2.36. The molecule has 19 heteroatoms. The Labute approximate surface area is 264 Å². The zero-order valence-corrected chi connectivity index (χ0v) is 25.4. The molecule has 47 heavy (non-hydrogen) atoms. The van der Waals surface area contributed by atoms with Gasteiger partial charge >= 0.3 is 23.5 Å². The molecule has 0 bridgehead atoms. The number of halogens is 10. The van der Waals surface area contributed by atoms with Crippen molar-refractivity contribution in [1.82, 2.24) is 0 Å². The van der Waals surface area contributed by atoms with Crippen LogP contribution in [0.25, 0.3) is 0 Å². The van der Waals surface area contributed by atoms with E-state index in [2.05, 4.69) is 9.47 Å². The van der Waals surface area contributed by atoms with Crippen LogP contribution in [0.5, 0.6) is 11.5 Å². The lowest BCUT2D eigenvalue weighted by molar-refractivity contribution is -0.397. The van der Waals surface area contributed by atoms with E-state index >= 15 is 0 Å². The monoisotopic (exact) mass is 726 g/mol. The van der Waals surface area contributed by atoms with Crippen molar-refractivity contribution in [1.29, 1.82) is 0 Å². The average molecular weight is 727 g/mol. The smallest absolute Gasteiger partial charge is 0.430 e. The van der Waals surface area contributed by atoms with Crippen molar-refractivity contribution in [2.75, 3.05) is 27.1 Å². The fraction of sp³-hybridized carbons (Fsp3) is 0.357. The van der Waals surface area contributed by atoms with Crippen molar-refractivity contribution < 1.29 is 75.8 Å². The summed E-state index contributed by atoms with van der Waals surface area (Å²) in [5.41, 5.74) is -4.68. The Morgan fingerprint density at radius 3 is 1.55 bits per heavy atom. The second kappa shape index (κ2) is 14.5. The average Bonchev–Trinajstić information content (AvgIpc) is 2.97. The van der Waals surface area contributed by atoms with Gasteiger partial charge < -0.3 is 23.5 Å². The molecule has 0 aromatic heterocycles. The van der Waals surface area contributed by atoms with Crippen LogP contribution in [0.2, 0.25) is 0 Å². The van der Waals surface area contributed by atoms with Gasteiger partial charge in [0.25, 0.3) is 5.60 Å². The molecular weight excluding hydrogens is 702 g/mol. The molecule has 3 aromatic carbocycles. The van der Waals surface area contributed by atoms with E-state index in [1.165, 1.54) is 36.4 Å². The summed E-state index contributed by atoms with van der Waals surface area (Å²) in [7, 11) is -6.76. The van der Waals surface area contributed by atoms with Crippen LogP contribution >= 0.6 is 0 Å². The van der Waals surface area contributed by atoms with E-state index in [0.717, 1.165) is 19.2 Å². The predicted molar refractivity (Wildman–Crippen MR) is 144 cm³/mol. The molecule has 0 heterocycles. The van der Waals surface area contributed by atoms with Crippen molar-refractivity contribution in [3.8, 4) is 11.5 Å². The highest BCUT2D eigenvalue weighted by Gasteiger charge is 2.73. The molecule has 260 valence electrons. The number of benzene rings is 3. The number of ether oxygens (including phenoxy) is 4. The molecule has 0 aliphatic carbocycles. The van der Waals surface area contributed by atoms with Crippen LogP contribution in [-0.2, 0) is 30.5 Å². The van der Waals surface area contributed by atoms with Gasteiger partial charge in [0.1, 0.15) is 24.9 Å². The van der Waals surface area contributed by atoms with E-state index in [-0.39, 0.29) is 11.5 Å². The summed E-state index contributed by atoms with van der Waals surface area (Å²) >= 11 is 0. The Bertz CT molecular complexity index is 1540. The van der Waals surface area contributed by atoms with Gasteiger partial charge in [-0.25, -0.2) is 8.42 Å². The van der Waals surface area contributed by atoms with E-state index < -0.39 is 76.6 Å². The molecule has 0 amide bonds. The Kier molecular flexibility index (Phi) is 11.8. The molecule has 7 nitrogen and oxygen atoms in total. The molecule has 0 fully saturated rings. The van der Waals surface area contributed by atoms with E-state index in [0.29, 0.717) is 14.7 Å². The Morgan fingerprint density at radius 1 is 0.681 bits per heavy atom. The standard InChI is InChI=1S/C28H24F10O7S2/c1-42-18-45-24(26(31,32)33,27(34,35)36)17-44-20-9-13-23(14-10-20)46(21-5-3-2-4-6-21)22-11-7-19(8-12-22)43-16-15-25(29,30)28(37,38)47(39,40)41/h2-14H,15-18H2,1H3. The van der Waals surface area contributed by atoms with Gasteiger partial charge in [0.2, 0.25) is 0 Å². The minimum atomic E-state index is -6.65. The fourth-order valence-electron chi connectivity index (χ4n) is 3.81. The van der Waals surface area contributed by atoms with Crippen molar-refractivity contribution in [2.45, 2.75) is 50.2 Å². The van der Waals surface area contributed by atoms with Crippen LogP contribution in [0.4, 0.5) is 43.9 Å². The van der Waals surface area contributed by atoms with E-state index in [1.807, 2.05) is 0 Å². The summed E-state index contributed by atoms with van der Waals surface area (Å²) in [6, 6.07) is 19.3. The normalized spacial score (nSPS) is 14.1. The van der Waals surface area contributed by atoms with Crippen LogP contribution in [0.3, 0.4) is 0 Å². The first-order valence-electron chi connectivity index (χ1n) is 12.9. The second-order valence-corrected chi connectivity index (χ2v) is 12.9. The quantitative estimate of drug-likeness (QED) is 0.0709. The van der Waals surface area contributed by atoms with Crippen LogP contribution in [0.1, 0.15) is 6.42 Å². The van der Waals surface area contributed by atoms with Crippen LogP contribution in [-0.4, -0.2) is 69.2 Å². The van der Waals surface area contributed by atoms with Crippen LogP contribution < -0.4 is 9.47 Å². The van der Waals surface area contributed by atoms with Gasteiger partial charge in [-0.15, -0.1) is 0 Å². The van der Waals surface area contributed by atoms with Gasteiger partial charge in [-0.1, -0.05) is 18.2 Å². The summed E-state index contributed by atoms with van der Waals surface area (Å²) in [5.74, 6) is -5.63. The zero-order chi connectivity index (χ0) is 35.3. The van der Waals surface area contributed by atoms with Gasteiger partial charge in [0.15, 0.2) is 24.8 Å². The maximum atomic E-state index is 13.7. The second-order valence-electron chi connectivity index (χ2n) is 9.50. The Balaban J connectivity index is 1.82. The summed E-state index contributed by atoms with van der Waals surface area (Å²) in [6.45, 7) is -4.37. The molecular formula is C28H24F10O7S2. The number of methoxy groups -OCH3 is 1. The molecule has 1 atom stereocenters. The van der Waals surface area contributed by atoms with Gasteiger partial charge in [0, 0.05) is 7.11 Å². The highest BCUT2D eigenvalue weighted by molar-refractivity contribution is 7.97. The third kappa shape index (κ3) is 8.62. The van der Waals surface area contributed by atoms with Crippen molar-refractivity contribution in [3.05, 3.63) is 78.9 Å². The van der Waals surface area contributed by atoms with Gasteiger partial charge in [-0.05, 0) is 60.7 Å². The number of rotatable bonds is 15. The van der Waals surface area contributed by atoms with E-state index in [1.54, 1.807) is 30.3 Å². The summed E-state index contributed by atoms with van der Waals surface area (Å²) in [5, 5.41) is -5.85. The fourth-order valence-corrected chi connectivity index (χ4v) is 6.34. The van der Waals surface area contributed by atoms with Gasteiger partial charge in [0.05, 0.1) is 23.9 Å². The summed E-state index contributed by atoms with van der Waals surface area (Å²) < 4.78 is 186. The lowest BCUT2D eigenvalue weighted by atomic mass is 10.0. The predicted octanol–water partition coefficient (Wildman–Crippen LogP) is 7.19. The zero-order valence-electron chi connectivity index (χ0n) is 23.8. The number of alkyl halides is 10. The van der Waals surface area contributed by atoms with Crippen molar-refractivity contribution in [2.24, 2.45) is 0 Å². The summed E-state index contributed by atoms with van der Waals surface area (Å²) in [4.78, 5) is 1.79. The third-order valence-electron chi connectivity index (χ3n) is 6.30. The summed E-state index contributed by atoms with van der Waals surface area (Å²) in [6.07, 6.45) is -13.6. The highest BCUT2D eigenvalue weighted by Crippen LogP contribution is 2.46. The maximum Gasteiger partial charge on any atom is 0.430 e. The Hall–Kier alpha value is -3.26. The van der Waals surface area contributed by atoms with Gasteiger partial charge in [-0.2, -0.15) is 43.9 Å².